The van der Waals surface area contributed by atoms with Gasteiger partial charge in [0, 0.05) is 6.07 Å². The number of fused-ring (bicyclic) bond motifs is 1. The highest BCUT2D eigenvalue weighted by atomic mass is 31.2. The molecule has 17 heteroatoms. The molecule has 3 heterocycles. The summed E-state index contributed by atoms with van der Waals surface area (Å²) in [6, 6.07) is 9.54. The van der Waals surface area contributed by atoms with Crippen molar-refractivity contribution in [3.05, 3.63) is 54.2 Å². The van der Waals surface area contributed by atoms with Crippen LogP contribution in [0.5, 0.6) is 5.75 Å². The molecule has 15 nitrogen and oxygen atoms in total. The minimum absolute atomic E-state index is 0.0608. The molecule has 1 aliphatic rings. The van der Waals surface area contributed by atoms with Crippen LogP contribution < -0.4 is 15.3 Å². The average Bonchev–Trinajstić information content (AvgIpc) is 3.44. The molecule has 0 aliphatic carbocycles. The molecule has 0 saturated carbocycles. The topological polar surface area (TPSA) is 210 Å². The minimum atomic E-state index is -4.45. The van der Waals surface area contributed by atoms with Crippen LogP contribution in [0.2, 0.25) is 0 Å². The summed E-state index contributed by atoms with van der Waals surface area (Å²) in [5.41, 5.74) is 0.454. The van der Waals surface area contributed by atoms with Gasteiger partial charge in [-0.2, -0.15) is 15.4 Å². The van der Waals surface area contributed by atoms with E-state index < -0.39 is 67.5 Å². The quantitative estimate of drug-likeness (QED) is 0.191. The second kappa shape index (κ2) is 13.1. The third kappa shape index (κ3) is 6.49. The molecule has 3 aromatic rings. The fraction of sp³-hybridized carbons (Fsp3) is 0.464. The van der Waals surface area contributed by atoms with Crippen LogP contribution in [-0.2, 0) is 38.5 Å². The highest BCUT2D eigenvalue weighted by Crippen LogP contribution is 2.51. The van der Waals surface area contributed by atoms with Crippen molar-refractivity contribution in [2.75, 3.05) is 18.9 Å². The number of anilines is 1. The third-order valence-electron chi connectivity index (χ3n) is 7.07. The molecule has 0 bridgehead atoms. The summed E-state index contributed by atoms with van der Waals surface area (Å²) in [5, 5.41) is 28.9. The number of rotatable bonds is 12. The van der Waals surface area contributed by atoms with E-state index in [0.29, 0.717) is 0 Å². The van der Waals surface area contributed by atoms with E-state index in [4.69, 9.17) is 29.0 Å². The van der Waals surface area contributed by atoms with Crippen molar-refractivity contribution in [3.63, 3.8) is 0 Å². The van der Waals surface area contributed by atoms with E-state index in [1.165, 1.54) is 19.1 Å². The van der Waals surface area contributed by atoms with Gasteiger partial charge in [0.05, 0.1) is 24.8 Å². The SMILES string of the molecule is CCOC(=O)[C@H](C)N[P@@](=O)(OC[C@H]1O[C@@](C#N)(c2cc(F)c3c(N)ncnn23)[C@](C)(O)[C@@H]1OC(=O)C(C)C)Oc1ccccc1. The number of halogens is 1. The van der Waals surface area contributed by atoms with Crippen LogP contribution in [0.3, 0.4) is 0 Å². The number of carbonyl (C=O) groups is 2. The number of aliphatic hydroxyl groups is 1. The Kier molecular flexibility index (Phi) is 9.81. The van der Waals surface area contributed by atoms with Crippen LogP contribution in [0, 0.1) is 23.1 Å². The molecule has 0 spiro atoms. The van der Waals surface area contributed by atoms with E-state index in [9.17, 15) is 24.5 Å². The lowest BCUT2D eigenvalue weighted by Crippen LogP contribution is -2.54. The lowest BCUT2D eigenvalue weighted by atomic mass is 9.80. The summed E-state index contributed by atoms with van der Waals surface area (Å²) in [7, 11) is -4.45. The van der Waals surface area contributed by atoms with Gasteiger partial charge in [0.15, 0.2) is 17.7 Å². The summed E-state index contributed by atoms with van der Waals surface area (Å²) < 4.78 is 58.2. The number of nitrogens with two attached hydrogens (primary N) is 1. The summed E-state index contributed by atoms with van der Waals surface area (Å²) in [5.74, 6) is -3.22. The third-order valence-corrected chi connectivity index (χ3v) is 8.71. The molecule has 1 fully saturated rings. The van der Waals surface area contributed by atoms with Crippen LogP contribution in [0.15, 0.2) is 42.7 Å². The van der Waals surface area contributed by atoms with Crippen molar-refractivity contribution >= 4 is 31.0 Å². The number of nitrogen functional groups attached to an aromatic ring is 1. The van der Waals surface area contributed by atoms with Gasteiger partial charge in [0.2, 0.25) is 5.60 Å². The van der Waals surface area contributed by atoms with Crippen molar-refractivity contribution in [1.29, 1.82) is 5.26 Å². The van der Waals surface area contributed by atoms with Crippen LogP contribution in [-0.4, -0.2) is 68.7 Å². The maximum atomic E-state index is 15.1. The van der Waals surface area contributed by atoms with Gasteiger partial charge in [0.1, 0.15) is 41.4 Å². The van der Waals surface area contributed by atoms with E-state index in [1.54, 1.807) is 39.0 Å². The molecule has 2 aromatic heterocycles. The lowest BCUT2D eigenvalue weighted by molar-refractivity contribution is -0.168. The van der Waals surface area contributed by atoms with E-state index in [0.717, 1.165) is 23.8 Å². The Morgan fingerprint density at radius 2 is 1.98 bits per heavy atom. The first-order valence-corrected chi connectivity index (χ1v) is 15.5. The Bertz CT molecular complexity index is 1650. The maximum absolute atomic E-state index is 15.1. The van der Waals surface area contributed by atoms with Crippen LogP contribution in [0.1, 0.15) is 40.3 Å². The predicted molar refractivity (Wildman–Crippen MR) is 155 cm³/mol. The number of nitriles is 1. The van der Waals surface area contributed by atoms with Gasteiger partial charge >= 0.3 is 19.7 Å². The molecule has 4 rings (SSSR count). The molecule has 1 aliphatic heterocycles. The van der Waals surface area contributed by atoms with Crippen molar-refractivity contribution in [2.45, 2.75) is 64.1 Å². The van der Waals surface area contributed by atoms with E-state index in [-0.39, 0.29) is 29.4 Å². The van der Waals surface area contributed by atoms with Crippen LogP contribution in [0.4, 0.5) is 10.2 Å². The standard InChI is InChI=1S/C28H34FN6O9P/c1-6-40-26(37)17(4)34-45(39,44-18-10-8-7-9-11-18)41-13-20-23(42-25(36)16(2)3)27(5,38)28(14-30,43-20)21-12-19(29)22-24(31)32-15-33-35(21)22/h7-12,15-17,20,23,38H,6,13H2,1-5H3,(H,34,39)(H2,31,32,33)/t17-,20+,23+,27+,28-,45+/m0/s1. The number of carbonyl (C=O) groups excluding carboxylic acids is 2. The van der Waals surface area contributed by atoms with Gasteiger partial charge in [-0.15, -0.1) is 0 Å². The molecule has 0 amide bonds. The molecule has 1 aromatic carbocycles. The molecular formula is C28H34FN6O9P. The zero-order valence-corrected chi connectivity index (χ0v) is 26.1. The molecule has 6 atom stereocenters. The van der Waals surface area contributed by atoms with Gasteiger partial charge in [0.25, 0.3) is 0 Å². The van der Waals surface area contributed by atoms with Crippen molar-refractivity contribution < 1.29 is 46.9 Å². The molecule has 0 unspecified atom stereocenters. The molecule has 1 saturated heterocycles. The van der Waals surface area contributed by atoms with E-state index >= 15 is 4.39 Å². The van der Waals surface area contributed by atoms with E-state index in [1.807, 2.05) is 6.07 Å². The normalized spacial score (nSPS) is 25.0. The second-order valence-electron chi connectivity index (χ2n) is 10.7. The van der Waals surface area contributed by atoms with Crippen LogP contribution in [0.25, 0.3) is 5.52 Å². The number of benzene rings is 1. The van der Waals surface area contributed by atoms with Crippen molar-refractivity contribution in [2.24, 2.45) is 5.92 Å². The first-order valence-electron chi connectivity index (χ1n) is 13.9. The Balaban J connectivity index is 1.75. The minimum Gasteiger partial charge on any atom is -0.465 e. The number of para-hydroxylation sites is 1. The smallest absolute Gasteiger partial charge is 0.459 e. The first-order chi connectivity index (χ1) is 21.2. The Morgan fingerprint density at radius 1 is 1.29 bits per heavy atom. The fourth-order valence-corrected chi connectivity index (χ4v) is 6.27. The molecule has 4 N–H and O–H groups in total. The van der Waals surface area contributed by atoms with Crippen LogP contribution >= 0.6 is 7.75 Å². The fourth-order valence-electron chi connectivity index (χ4n) is 4.77. The zero-order chi connectivity index (χ0) is 33.2. The highest BCUT2D eigenvalue weighted by Gasteiger charge is 2.68. The summed E-state index contributed by atoms with van der Waals surface area (Å²) in [6.45, 7) is 6.59. The van der Waals surface area contributed by atoms with E-state index in [2.05, 4.69) is 15.2 Å². The molecule has 45 heavy (non-hydrogen) atoms. The average molecular weight is 649 g/mol. The number of hydrogen-bond acceptors (Lipinski definition) is 13. The summed E-state index contributed by atoms with van der Waals surface area (Å²) in [6.07, 6.45) is -2.11. The predicted octanol–water partition coefficient (Wildman–Crippen LogP) is 2.63. The lowest BCUT2D eigenvalue weighted by Gasteiger charge is -2.34. The van der Waals surface area contributed by atoms with Gasteiger partial charge < -0.3 is 29.6 Å². The molecular weight excluding hydrogens is 614 g/mol. The van der Waals surface area contributed by atoms with Gasteiger partial charge in [-0.3, -0.25) is 14.1 Å². The number of nitrogens with one attached hydrogen (secondary N) is 1. The molecule has 242 valence electrons. The summed E-state index contributed by atoms with van der Waals surface area (Å²) >= 11 is 0. The van der Waals surface area contributed by atoms with Gasteiger partial charge in [-0.05, 0) is 32.9 Å². The highest BCUT2D eigenvalue weighted by molar-refractivity contribution is 7.52. The summed E-state index contributed by atoms with van der Waals surface area (Å²) in [4.78, 5) is 28.9. The van der Waals surface area contributed by atoms with Crippen molar-refractivity contribution in [3.8, 4) is 11.8 Å². The largest absolute Gasteiger partial charge is 0.465 e. The number of aromatic nitrogens is 3. The monoisotopic (exact) mass is 648 g/mol. The number of esters is 2. The van der Waals surface area contributed by atoms with Gasteiger partial charge in [-0.25, -0.2) is 18.5 Å². The molecule has 0 radical (unpaired) electrons. The van der Waals surface area contributed by atoms with Crippen molar-refractivity contribution in [1.82, 2.24) is 19.7 Å². The second-order valence-corrected chi connectivity index (χ2v) is 12.4. The number of hydrogen-bond donors (Lipinski definition) is 3. The zero-order valence-electron chi connectivity index (χ0n) is 25.2. The Hall–Kier alpha value is -4.13. The first kappa shape index (κ1) is 33.8. The Labute approximate surface area is 257 Å². The maximum Gasteiger partial charge on any atom is 0.459 e. The Morgan fingerprint density at radius 3 is 2.60 bits per heavy atom. The number of ether oxygens (including phenoxy) is 3. The van der Waals surface area contributed by atoms with Gasteiger partial charge in [-0.1, -0.05) is 32.0 Å². The number of nitrogens with zero attached hydrogens (tertiary/aromatic N) is 4.